The lowest BCUT2D eigenvalue weighted by Gasteiger charge is -2.36. The highest BCUT2D eigenvalue weighted by Gasteiger charge is 2.35. The molecule has 0 N–H and O–H groups in total. The molecule has 0 spiro atoms. The Bertz CT molecular complexity index is 391. The normalized spacial score (nSPS) is 11.3. The van der Waals surface area contributed by atoms with Gasteiger partial charge in [-0.05, 0) is 39.3 Å². The summed E-state index contributed by atoms with van der Waals surface area (Å²) in [5, 5.41) is 0. The number of esters is 1. The second-order valence-electron chi connectivity index (χ2n) is 6.80. The van der Waals surface area contributed by atoms with Crippen molar-refractivity contribution in [2.24, 2.45) is 0 Å². The van der Waals surface area contributed by atoms with E-state index in [-0.39, 0.29) is 5.97 Å². The highest BCUT2D eigenvalue weighted by Crippen LogP contribution is 2.38. The molecular weight excluding hydrogens is 276 g/mol. The molecule has 0 amide bonds. The van der Waals surface area contributed by atoms with Crippen LogP contribution in [-0.4, -0.2) is 20.7 Å². The zero-order valence-electron chi connectivity index (χ0n) is 14.6. The Morgan fingerprint density at radius 1 is 1.05 bits per heavy atom. The minimum Gasteiger partial charge on any atom is -0.462 e. The van der Waals surface area contributed by atoms with Gasteiger partial charge in [-0.25, -0.2) is 4.79 Å². The number of allylic oxidation sites excluding steroid dienone is 2. The summed E-state index contributed by atoms with van der Waals surface area (Å²) in [6, 6.07) is 3.41. The average Bonchev–Trinajstić information content (AvgIpc) is 2.32. The highest BCUT2D eigenvalue weighted by molar-refractivity contribution is 6.82. The Balaban J connectivity index is 4.73. The minimum atomic E-state index is -1.51. The van der Waals surface area contributed by atoms with Gasteiger partial charge in [-0.2, -0.15) is 0 Å². The molecule has 0 heterocycles. The second kappa shape index (κ2) is 9.03. The van der Waals surface area contributed by atoms with E-state index >= 15 is 0 Å². The molecule has 0 aromatic rings. The molecule has 0 aliphatic heterocycles. The van der Waals surface area contributed by atoms with E-state index in [4.69, 9.17) is 4.74 Å². The van der Waals surface area contributed by atoms with Crippen LogP contribution < -0.4 is 0 Å². The number of carbonyl (C=O) groups excluding carboxylic acids is 1. The highest BCUT2D eigenvalue weighted by atomic mass is 28.3. The smallest absolute Gasteiger partial charge is 0.333 e. The van der Waals surface area contributed by atoms with Gasteiger partial charge < -0.3 is 4.74 Å². The van der Waals surface area contributed by atoms with Crippen LogP contribution >= 0.6 is 0 Å². The van der Waals surface area contributed by atoms with Gasteiger partial charge in [0.1, 0.15) is 0 Å². The predicted molar refractivity (Wildman–Crippen MR) is 95.3 cm³/mol. The van der Waals surface area contributed by atoms with Crippen LogP contribution in [0.25, 0.3) is 0 Å². The summed E-state index contributed by atoms with van der Waals surface area (Å²) in [6.45, 7) is 22.9. The first-order chi connectivity index (χ1) is 9.60. The first-order valence-corrected chi connectivity index (χ1v) is 10.4. The van der Waals surface area contributed by atoms with Crippen LogP contribution in [-0.2, 0) is 9.53 Å². The number of rotatable bonds is 10. The first-order valence-electron chi connectivity index (χ1n) is 7.72. The standard InChI is InChI=1S/C18H32O2Si/c1-14(2)12-21(17(7)8,13-15(3)4)11-9-10-20-18(19)16(5)6/h17H,1,3,5,9-13H2,2,4,6-8H3. The third-order valence-corrected chi connectivity index (χ3v) is 10.3. The summed E-state index contributed by atoms with van der Waals surface area (Å²) in [5.74, 6) is -0.286. The van der Waals surface area contributed by atoms with E-state index in [1.807, 2.05) is 0 Å². The van der Waals surface area contributed by atoms with Gasteiger partial charge in [0.15, 0.2) is 0 Å². The molecule has 2 nitrogen and oxygen atoms in total. The molecule has 0 bridgehead atoms. The van der Waals surface area contributed by atoms with Gasteiger partial charge in [0.25, 0.3) is 0 Å². The molecule has 0 radical (unpaired) electrons. The molecule has 0 aliphatic carbocycles. The lowest BCUT2D eigenvalue weighted by Crippen LogP contribution is -2.38. The summed E-state index contributed by atoms with van der Waals surface area (Å²) >= 11 is 0. The van der Waals surface area contributed by atoms with Crippen LogP contribution in [0.2, 0.25) is 23.7 Å². The Hall–Kier alpha value is -1.09. The Kier molecular flexibility index (Phi) is 8.56. The number of hydrogen-bond acceptors (Lipinski definition) is 2. The van der Waals surface area contributed by atoms with Gasteiger partial charge in [-0.3, -0.25) is 0 Å². The number of carbonyl (C=O) groups is 1. The molecule has 3 heteroatoms. The maximum Gasteiger partial charge on any atom is 0.333 e. The number of ether oxygens (including phenoxy) is 1. The van der Waals surface area contributed by atoms with Crippen LogP contribution in [0.3, 0.4) is 0 Å². The van der Waals surface area contributed by atoms with Crippen molar-refractivity contribution < 1.29 is 9.53 Å². The molecule has 0 unspecified atom stereocenters. The van der Waals surface area contributed by atoms with E-state index in [1.54, 1.807) is 6.92 Å². The summed E-state index contributed by atoms with van der Waals surface area (Å²) in [4.78, 5) is 11.4. The zero-order chi connectivity index (χ0) is 16.6. The van der Waals surface area contributed by atoms with Gasteiger partial charge in [-0.15, -0.1) is 13.2 Å². The molecule has 0 saturated carbocycles. The van der Waals surface area contributed by atoms with Crippen molar-refractivity contribution >= 4 is 14.0 Å². The molecule has 0 aromatic heterocycles. The Labute approximate surface area is 132 Å². The fraction of sp³-hybridized carbons (Fsp3) is 0.611. The Morgan fingerprint density at radius 3 is 1.86 bits per heavy atom. The summed E-state index contributed by atoms with van der Waals surface area (Å²) in [6.07, 6.45) is 0.921. The molecule has 0 fully saturated rings. The second-order valence-corrected chi connectivity index (χ2v) is 11.9. The van der Waals surface area contributed by atoms with E-state index < -0.39 is 8.07 Å². The molecule has 120 valence electrons. The van der Waals surface area contributed by atoms with Crippen LogP contribution in [0.15, 0.2) is 36.5 Å². The van der Waals surface area contributed by atoms with E-state index in [0.29, 0.717) is 17.7 Å². The molecule has 21 heavy (non-hydrogen) atoms. The number of hydrogen-bond donors (Lipinski definition) is 0. The van der Waals surface area contributed by atoms with Crippen molar-refractivity contribution in [2.45, 2.75) is 64.7 Å². The summed E-state index contributed by atoms with van der Waals surface area (Å²) in [5.41, 5.74) is 3.65. The molecule has 0 saturated heterocycles. The Morgan fingerprint density at radius 2 is 1.52 bits per heavy atom. The van der Waals surface area contributed by atoms with E-state index in [9.17, 15) is 4.79 Å². The maximum atomic E-state index is 11.4. The third kappa shape index (κ3) is 7.46. The van der Waals surface area contributed by atoms with Gasteiger partial charge in [-0.1, -0.05) is 43.2 Å². The quantitative estimate of drug-likeness (QED) is 0.175. The van der Waals surface area contributed by atoms with Crippen LogP contribution in [0.5, 0.6) is 0 Å². The first kappa shape index (κ1) is 19.9. The molecule has 0 aliphatic rings. The predicted octanol–water partition coefficient (Wildman–Crippen LogP) is 5.51. The minimum absolute atomic E-state index is 0.286. The van der Waals surface area contributed by atoms with E-state index in [2.05, 4.69) is 47.4 Å². The van der Waals surface area contributed by atoms with Crippen molar-refractivity contribution in [1.29, 1.82) is 0 Å². The fourth-order valence-corrected chi connectivity index (χ4v) is 7.98. The summed E-state index contributed by atoms with van der Waals surface area (Å²) in [7, 11) is -1.51. The van der Waals surface area contributed by atoms with Crippen molar-refractivity contribution in [1.82, 2.24) is 0 Å². The largest absolute Gasteiger partial charge is 0.462 e. The van der Waals surface area contributed by atoms with Crippen LogP contribution in [0.4, 0.5) is 0 Å². The van der Waals surface area contributed by atoms with Crippen molar-refractivity contribution in [3.8, 4) is 0 Å². The van der Waals surface area contributed by atoms with Crippen LogP contribution in [0, 0.1) is 0 Å². The lowest BCUT2D eigenvalue weighted by molar-refractivity contribution is -0.138. The average molecular weight is 309 g/mol. The topological polar surface area (TPSA) is 26.3 Å². The van der Waals surface area contributed by atoms with Gasteiger partial charge in [0.2, 0.25) is 0 Å². The van der Waals surface area contributed by atoms with Gasteiger partial charge in [0.05, 0.1) is 14.7 Å². The van der Waals surface area contributed by atoms with Gasteiger partial charge in [0, 0.05) is 5.57 Å². The summed E-state index contributed by atoms with van der Waals surface area (Å²) < 4.78 is 5.23. The lowest BCUT2D eigenvalue weighted by atomic mass is 10.4. The third-order valence-electron chi connectivity index (χ3n) is 3.93. The molecule has 0 aromatic carbocycles. The SMILES string of the molecule is C=C(C)C[Si](CCCOC(=O)C(=C)C)(CC(=C)C)C(C)C. The van der Waals surface area contributed by atoms with E-state index in [0.717, 1.165) is 24.6 Å². The van der Waals surface area contributed by atoms with Crippen molar-refractivity contribution in [2.75, 3.05) is 6.61 Å². The molecule has 0 atom stereocenters. The van der Waals surface area contributed by atoms with Gasteiger partial charge >= 0.3 is 5.97 Å². The fourth-order valence-electron chi connectivity index (χ4n) is 2.85. The zero-order valence-corrected chi connectivity index (χ0v) is 15.6. The molecular formula is C18H32O2Si. The van der Waals surface area contributed by atoms with Crippen molar-refractivity contribution in [3.05, 3.63) is 36.5 Å². The maximum absolute atomic E-state index is 11.4. The van der Waals surface area contributed by atoms with Crippen molar-refractivity contribution in [3.63, 3.8) is 0 Å². The van der Waals surface area contributed by atoms with E-state index in [1.165, 1.54) is 11.1 Å². The van der Waals surface area contributed by atoms with Crippen LogP contribution in [0.1, 0.15) is 41.0 Å². The monoisotopic (exact) mass is 308 g/mol. The molecule has 0 rings (SSSR count).